The van der Waals surface area contributed by atoms with E-state index in [9.17, 15) is 4.79 Å². The molecule has 1 amide bonds. The molecular formula is C14H8Br2N2OS. The molecule has 1 heterocycles. The van der Waals surface area contributed by atoms with Gasteiger partial charge in [0.2, 0.25) is 0 Å². The Labute approximate surface area is 136 Å². The second-order valence-electron chi connectivity index (χ2n) is 4.11. The van der Waals surface area contributed by atoms with Gasteiger partial charge in [0.25, 0.3) is 5.91 Å². The lowest BCUT2D eigenvalue weighted by Gasteiger charge is -2.07. The molecule has 0 aliphatic carbocycles. The van der Waals surface area contributed by atoms with E-state index in [2.05, 4.69) is 42.2 Å². The Hall–Kier alpha value is -1.24. The van der Waals surface area contributed by atoms with E-state index in [0.29, 0.717) is 5.56 Å². The molecule has 3 nitrogen and oxygen atoms in total. The Kier molecular flexibility index (Phi) is 3.87. The zero-order valence-electron chi connectivity index (χ0n) is 10.1. The summed E-state index contributed by atoms with van der Waals surface area (Å²) in [7, 11) is 0. The lowest BCUT2D eigenvalue weighted by atomic mass is 10.2. The third-order valence-corrected chi connectivity index (χ3v) is 4.71. The number of benzene rings is 2. The zero-order valence-corrected chi connectivity index (χ0v) is 14.0. The van der Waals surface area contributed by atoms with Crippen molar-refractivity contribution >= 4 is 65.0 Å². The summed E-state index contributed by atoms with van der Waals surface area (Å²) in [5.41, 5.74) is 4.10. The average Bonchev–Trinajstić information content (AvgIpc) is 2.85. The Morgan fingerprint density at radius 1 is 1.15 bits per heavy atom. The molecule has 1 N–H and O–H groups in total. The average molecular weight is 412 g/mol. The molecule has 6 heteroatoms. The fourth-order valence-electron chi connectivity index (χ4n) is 1.80. The first-order valence-corrected chi connectivity index (χ1v) is 8.20. The number of rotatable bonds is 2. The fraction of sp³-hybridized carbons (Fsp3) is 0. The molecule has 0 aliphatic heterocycles. The largest absolute Gasteiger partial charge is 0.322 e. The van der Waals surface area contributed by atoms with Gasteiger partial charge < -0.3 is 5.32 Å². The Morgan fingerprint density at radius 3 is 2.80 bits per heavy atom. The summed E-state index contributed by atoms with van der Waals surface area (Å²) >= 11 is 8.32. The van der Waals surface area contributed by atoms with Crippen LogP contribution < -0.4 is 5.32 Å². The molecule has 0 spiro atoms. The predicted molar refractivity (Wildman–Crippen MR) is 89.4 cm³/mol. The van der Waals surface area contributed by atoms with Gasteiger partial charge in [0.15, 0.2) is 0 Å². The van der Waals surface area contributed by atoms with Crippen molar-refractivity contribution in [1.82, 2.24) is 4.98 Å². The summed E-state index contributed by atoms with van der Waals surface area (Å²) in [4.78, 5) is 16.5. The summed E-state index contributed by atoms with van der Waals surface area (Å²) in [6.45, 7) is 0. The van der Waals surface area contributed by atoms with Crippen LogP contribution in [0.3, 0.4) is 0 Å². The first-order valence-electron chi connectivity index (χ1n) is 5.73. The van der Waals surface area contributed by atoms with Gasteiger partial charge in [0.1, 0.15) is 0 Å². The SMILES string of the molecule is O=C(Nc1ccc2ncsc2c1)c1ccc(Br)cc1Br. The first-order chi connectivity index (χ1) is 9.63. The Bertz CT molecular complexity index is 801. The third kappa shape index (κ3) is 2.77. The number of fused-ring (bicyclic) bond motifs is 1. The molecule has 0 atom stereocenters. The highest BCUT2D eigenvalue weighted by atomic mass is 79.9. The van der Waals surface area contributed by atoms with Crippen LogP contribution in [0.5, 0.6) is 0 Å². The van der Waals surface area contributed by atoms with Gasteiger partial charge in [0, 0.05) is 14.6 Å². The molecule has 0 aliphatic rings. The van der Waals surface area contributed by atoms with Gasteiger partial charge in [-0.2, -0.15) is 0 Å². The number of anilines is 1. The second kappa shape index (κ2) is 5.63. The number of carbonyl (C=O) groups is 1. The molecule has 0 unspecified atom stereocenters. The summed E-state index contributed by atoms with van der Waals surface area (Å²) < 4.78 is 2.73. The number of halogens is 2. The van der Waals surface area contributed by atoms with Crippen LogP contribution in [0.4, 0.5) is 5.69 Å². The van der Waals surface area contributed by atoms with E-state index in [4.69, 9.17) is 0 Å². The van der Waals surface area contributed by atoms with Crippen LogP contribution >= 0.6 is 43.2 Å². The van der Waals surface area contributed by atoms with E-state index in [-0.39, 0.29) is 5.91 Å². The predicted octanol–water partition coefficient (Wildman–Crippen LogP) is 5.07. The molecule has 3 rings (SSSR count). The van der Waals surface area contributed by atoms with E-state index >= 15 is 0 Å². The molecule has 2 aromatic carbocycles. The Morgan fingerprint density at radius 2 is 2.00 bits per heavy atom. The maximum Gasteiger partial charge on any atom is 0.256 e. The van der Waals surface area contributed by atoms with Gasteiger partial charge in [-0.3, -0.25) is 4.79 Å². The second-order valence-corrected chi connectivity index (χ2v) is 6.77. The molecule has 100 valence electrons. The van der Waals surface area contributed by atoms with Crippen molar-refractivity contribution in [3.05, 3.63) is 56.4 Å². The van der Waals surface area contributed by atoms with Crippen LogP contribution in [0.2, 0.25) is 0 Å². The molecular weight excluding hydrogens is 404 g/mol. The molecule has 0 radical (unpaired) electrons. The number of carbonyl (C=O) groups excluding carboxylic acids is 1. The van der Waals surface area contributed by atoms with Crippen molar-refractivity contribution in [2.75, 3.05) is 5.32 Å². The van der Waals surface area contributed by atoms with Crippen LogP contribution in [-0.4, -0.2) is 10.9 Å². The maximum absolute atomic E-state index is 12.3. The minimum atomic E-state index is -0.145. The number of aromatic nitrogens is 1. The van der Waals surface area contributed by atoms with Crippen LogP contribution in [0.15, 0.2) is 50.9 Å². The van der Waals surface area contributed by atoms with Crippen molar-refractivity contribution in [3.63, 3.8) is 0 Å². The topological polar surface area (TPSA) is 42.0 Å². The Balaban J connectivity index is 1.87. The zero-order chi connectivity index (χ0) is 14.1. The van der Waals surface area contributed by atoms with Crippen molar-refractivity contribution < 1.29 is 4.79 Å². The third-order valence-electron chi connectivity index (χ3n) is 2.76. The normalized spacial score (nSPS) is 10.7. The van der Waals surface area contributed by atoms with E-state index in [1.807, 2.05) is 30.3 Å². The first kappa shape index (κ1) is 13.7. The smallest absolute Gasteiger partial charge is 0.256 e. The molecule has 0 bridgehead atoms. The summed E-state index contributed by atoms with van der Waals surface area (Å²) in [6, 6.07) is 11.1. The van der Waals surface area contributed by atoms with Crippen molar-refractivity contribution in [2.45, 2.75) is 0 Å². The van der Waals surface area contributed by atoms with Gasteiger partial charge in [-0.25, -0.2) is 4.98 Å². The number of nitrogens with zero attached hydrogens (tertiary/aromatic N) is 1. The van der Waals surface area contributed by atoms with Crippen molar-refractivity contribution in [3.8, 4) is 0 Å². The maximum atomic E-state index is 12.3. The van der Waals surface area contributed by atoms with Gasteiger partial charge in [0.05, 0.1) is 21.3 Å². The summed E-state index contributed by atoms with van der Waals surface area (Å²) in [6.07, 6.45) is 0. The summed E-state index contributed by atoms with van der Waals surface area (Å²) in [5, 5.41) is 2.90. The van der Waals surface area contributed by atoms with Gasteiger partial charge >= 0.3 is 0 Å². The highest BCUT2D eigenvalue weighted by Gasteiger charge is 2.11. The van der Waals surface area contributed by atoms with Crippen molar-refractivity contribution in [1.29, 1.82) is 0 Å². The molecule has 3 aromatic rings. The minimum absolute atomic E-state index is 0.145. The van der Waals surface area contributed by atoms with E-state index < -0.39 is 0 Å². The fourth-order valence-corrected chi connectivity index (χ4v) is 3.75. The van der Waals surface area contributed by atoms with Crippen molar-refractivity contribution in [2.24, 2.45) is 0 Å². The van der Waals surface area contributed by atoms with Crippen LogP contribution in [0, 0.1) is 0 Å². The number of thiazole rings is 1. The van der Waals surface area contributed by atoms with E-state index in [1.165, 1.54) is 0 Å². The number of amides is 1. The highest BCUT2D eigenvalue weighted by molar-refractivity contribution is 9.11. The van der Waals surface area contributed by atoms with Gasteiger partial charge in [-0.05, 0) is 52.3 Å². The summed E-state index contributed by atoms with van der Waals surface area (Å²) in [5.74, 6) is -0.145. The number of hydrogen-bond donors (Lipinski definition) is 1. The molecule has 20 heavy (non-hydrogen) atoms. The van der Waals surface area contributed by atoms with E-state index in [1.54, 1.807) is 22.9 Å². The quantitative estimate of drug-likeness (QED) is 0.639. The molecule has 0 saturated carbocycles. The lowest BCUT2D eigenvalue weighted by Crippen LogP contribution is -2.12. The van der Waals surface area contributed by atoms with E-state index in [0.717, 1.165) is 24.8 Å². The van der Waals surface area contributed by atoms with Crippen LogP contribution in [-0.2, 0) is 0 Å². The van der Waals surface area contributed by atoms with Crippen LogP contribution in [0.25, 0.3) is 10.2 Å². The standard InChI is InChI=1S/C14H8Br2N2OS/c15-8-1-3-10(11(16)5-8)14(19)18-9-2-4-12-13(6-9)20-7-17-12/h1-7H,(H,18,19). The molecule has 1 aromatic heterocycles. The highest BCUT2D eigenvalue weighted by Crippen LogP contribution is 2.25. The molecule has 0 fully saturated rings. The number of nitrogens with one attached hydrogen (secondary N) is 1. The molecule has 0 saturated heterocycles. The monoisotopic (exact) mass is 410 g/mol. The van der Waals surface area contributed by atoms with Crippen LogP contribution in [0.1, 0.15) is 10.4 Å². The van der Waals surface area contributed by atoms with Gasteiger partial charge in [-0.1, -0.05) is 15.9 Å². The van der Waals surface area contributed by atoms with Gasteiger partial charge in [-0.15, -0.1) is 11.3 Å². The minimum Gasteiger partial charge on any atom is -0.322 e. The lowest BCUT2D eigenvalue weighted by molar-refractivity contribution is 0.102. The number of hydrogen-bond acceptors (Lipinski definition) is 3.